The van der Waals surface area contributed by atoms with Crippen LogP contribution in [0.2, 0.25) is 0 Å². The molecule has 1 unspecified atom stereocenters. The quantitative estimate of drug-likeness (QED) is 0.316. The van der Waals surface area contributed by atoms with Crippen molar-refractivity contribution in [2.75, 3.05) is 39.9 Å². The van der Waals surface area contributed by atoms with Crippen LogP contribution in [-0.4, -0.2) is 56.9 Å². The van der Waals surface area contributed by atoms with E-state index in [2.05, 4.69) is 44.8 Å². The molecule has 2 aromatic carbocycles. The fraction of sp³-hybridized carbons (Fsp3) is 0.435. The summed E-state index contributed by atoms with van der Waals surface area (Å²) in [4.78, 5) is 6.78. The van der Waals surface area contributed by atoms with Crippen LogP contribution < -0.4 is 15.4 Å². The first-order valence-electron chi connectivity index (χ1n) is 10.3. The topological polar surface area (TPSA) is 58.1 Å². The van der Waals surface area contributed by atoms with Gasteiger partial charge in [-0.3, -0.25) is 9.89 Å². The van der Waals surface area contributed by atoms with Crippen LogP contribution in [0.4, 0.5) is 0 Å². The van der Waals surface area contributed by atoms with Crippen molar-refractivity contribution in [3.05, 3.63) is 65.7 Å². The van der Waals surface area contributed by atoms with E-state index in [0.29, 0.717) is 6.54 Å². The fourth-order valence-corrected chi connectivity index (χ4v) is 3.30. The van der Waals surface area contributed by atoms with E-state index in [9.17, 15) is 0 Å². The van der Waals surface area contributed by atoms with Crippen molar-refractivity contribution >= 4 is 29.9 Å². The van der Waals surface area contributed by atoms with E-state index in [0.717, 1.165) is 51.1 Å². The van der Waals surface area contributed by atoms with Crippen molar-refractivity contribution in [3.63, 3.8) is 0 Å². The molecule has 2 aromatic rings. The third-order valence-corrected chi connectivity index (χ3v) is 4.92. The summed E-state index contributed by atoms with van der Waals surface area (Å²) >= 11 is 0. The molecule has 0 aromatic heterocycles. The van der Waals surface area contributed by atoms with Gasteiger partial charge in [0.1, 0.15) is 11.9 Å². The highest BCUT2D eigenvalue weighted by molar-refractivity contribution is 14.0. The largest absolute Gasteiger partial charge is 0.489 e. The van der Waals surface area contributed by atoms with Crippen LogP contribution in [0.25, 0.3) is 0 Å². The Kier molecular flexibility index (Phi) is 11.0. The highest BCUT2D eigenvalue weighted by atomic mass is 127. The molecule has 1 heterocycles. The normalized spacial score (nSPS) is 15.7. The lowest BCUT2D eigenvalue weighted by Gasteiger charge is -2.27. The van der Waals surface area contributed by atoms with Gasteiger partial charge in [-0.05, 0) is 30.2 Å². The average Bonchev–Trinajstić information content (AvgIpc) is 2.76. The van der Waals surface area contributed by atoms with E-state index in [-0.39, 0.29) is 30.1 Å². The second-order valence-electron chi connectivity index (χ2n) is 7.21. The molecule has 7 heteroatoms. The molecule has 0 bridgehead atoms. The maximum atomic E-state index is 5.91. The van der Waals surface area contributed by atoms with Crippen LogP contribution in [0.1, 0.15) is 18.1 Å². The molecule has 0 aliphatic carbocycles. The number of aliphatic imine (C=N–C) groups is 1. The van der Waals surface area contributed by atoms with Gasteiger partial charge in [0.05, 0.1) is 19.8 Å². The smallest absolute Gasteiger partial charge is 0.191 e. The summed E-state index contributed by atoms with van der Waals surface area (Å²) in [5.74, 6) is 1.65. The fourth-order valence-electron chi connectivity index (χ4n) is 3.30. The third kappa shape index (κ3) is 8.12. The SMILES string of the molecule is CN=C(NCc1ccccc1CN1CCOCC1)NCC(C)Oc1ccccc1.I. The lowest BCUT2D eigenvalue weighted by atomic mass is 10.1. The summed E-state index contributed by atoms with van der Waals surface area (Å²) in [7, 11) is 1.79. The molecule has 1 saturated heterocycles. The van der Waals surface area contributed by atoms with E-state index in [4.69, 9.17) is 9.47 Å². The van der Waals surface area contributed by atoms with Crippen molar-refractivity contribution in [2.24, 2.45) is 4.99 Å². The van der Waals surface area contributed by atoms with Gasteiger partial charge in [0.2, 0.25) is 0 Å². The van der Waals surface area contributed by atoms with Crippen molar-refractivity contribution in [2.45, 2.75) is 26.1 Å². The van der Waals surface area contributed by atoms with E-state index < -0.39 is 0 Å². The number of morpholine rings is 1. The second kappa shape index (κ2) is 13.5. The zero-order valence-corrected chi connectivity index (χ0v) is 20.2. The average molecular weight is 524 g/mol. The van der Waals surface area contributed by atoms with Crippen molar-refractivity contribution in [3.8, 4) is 5.75 Å². The molecule has 6 nitrogen and oxygen atoms in total. The number of rotatable bonds is 8. The van der Waals surface area contributed by atoms with Crippen LogP contribution in [0.3, 0.4) is 0 Å². The van der Waals surface area contributed by atoms with Crippen molar-refractivity contribution in [1.82, 2.24) is 15.5 Å². The van der Waals surface area contributed by atoms with Crippen LogP contribution >= 0.6 is 24.0 Å². The number of guanidine groups is 1. The van der Waals surface area contributed by atoms with Gasteiger partial charge in [0, 0.05) is 33.2 Å². The molecule has 0 saturated carbocycles. The lowest BCUT2D eigenvalue weighted by Crippen LogP contribution is -2.41. The third-order valence-electron chi connectivity index (χ3n) is 4.92. The summed E-state index contributed by atoms with van der Waals surface area (Å²) in [6, 6.07) is 18.5. The number of ether oxygens (including phenoxy) is 2. The van der Waals surface area contributed by atoms with Gasteiger partial charge in [-0.1, -0.05) is 42.5 Å². The minimum absolute atomic E-state index is 0. The number of nitrogens with one attached hydrogen (secondary N) is 2. The summed E-state index contributed by atoms with van der Waals surface area (Å²) in [5, 5.41) is 6.77. The Labute approximate surface area is 197 Å². The van der Waals surface area contributed by atoms with Crippen LogP contribution in [0.5, 0.6) is 5.75 Å². The molecule has 1 atom stereocenters. The van der Waals surface area contributed by atoms with Crippen LogP contribution in [-0.2, 0) is 17.8 Å². The summed E-state index contributed by atoms with van der Waals surface area (Å²) in [5.41, 5.74) is 2.63. The van der Waals surface area contributed by atoms with Gasteiger partial charge in [-0.15, -0.1) is 24.0 Å². The number of benzene rings is 2. The Morgan fingerprint density at radius 2 is 1.70 bits per heavy atom. The van der Waals surface area contributed by atoms with E-state index in [1.807, 2.05) is 37.3 Å². The first-order valence-corrected chi connectivity index (χ1v) is 10.3. The van der Waals surface area contributed by atoms with Gasteiger partial charge >= 0.3 is 0 Å². The monoisotopic (exact) mass is 524 g/mol. The molecule has 30 heavy (non-hydrogen) atoms. The summed E-state index contributed by atoms with van der Waals surface area (Å²) in [6.45, 7) is 8.02. The van der Waals surface area contributed by atoms with Gasteiger partial charge in [-0.25, -0.2) is 0 Å². The summed E-state index contributed by atoms with van der Waals surface area (Å²) in [6.07, 6.45) is 0.0320. The lowest BCUT2D eigenvalue weighted by molar-refractivity contribution is 0.0341. The van der Waals surface area contributed by atoms with Gasteiger partial charge in [0.15, 0.2) is 5.96 Å². The van der Waals surface area contributed by atoms with E-state index >= 15 is 0 Å². The Bertz CT molecular complexity index is 767. The number of para-hydroxylation sites is 1. The molecule has 3 rings (SSSR count). The second-order valence-corrected chi connectivity index (χ2v) is 7.21. The van der Waals surface area contributed by atoms with E-state index in [1.165, 1.54) is 11.1 Å². The molecule has 0 radical (unpaired) electrons. The molecule has 1 aliphatic heterocycles. The maximum Gasteiger partial charge on any atom is 0.191 e. The van der Waals surface area contributed by atoms with Gasteiger partial charge < -0.3 is 20.1 Å². The van der Waals surface area contributed by atoms with Gasteiger partial charge in [0.25, 0.3) is 0 Å². The van der Waals surface area contributed by atoms with Crippen LogP contribution in [0.15, 0.2) is 59.6 Å². The highest BCUT2D eigenvalue weighted by Gasteiger charge is 2.13. The minimum Gasteiger partial charge on any atom is -0.489 e. The van der Waals surface area contributed by atoms with Crippen molar-refractivity contribution in [1.29, 1.82) is 0 Å². The Morgan fingerprint density at radius 1 is 1.03 bits per heavy atom. The Morgan fingerprint density at radius 3 is 2.40 bits per heavy atom. The summed E-state index contributed by atoms with van der Waals surface area (Å²) < 4.78 is 11.4. The molecular formula is C23H33IN4O2. The minimum atomic E-state index is 0. The molecule has 0 amide bonds. The molecule has 1 aliphatic rings. The zero-order chi connectivity index (χ0) is 20.3. The van der Waals surface area contributed by atoms with Crippen molar-refractivity contribution < 1.29 is 9.47 Å². The maximum absolute atomic E-state index is 5.91. The first-order chi connectivity index (χ1) is 14.2. The highest BCUT2D eigenvalue weighted by Crippen LogP contribution is 2.13. The predicted octanol–water partition coefficient (Wildman–Crippen LogP) is 3.27. The molecule has 2 N–H and O–H groups in total. The Hall–Kier alpha value is -1.84. The molecular weight excluding hydrogens is 491 g/mol. The first kappa shape index (κ1) is 24.4. The standard InChI is InChI=1S/C23H32N4O2.HI/c1-19(29-22-10-4-3-5-11-22)16-25-23(24-2)26-17-20-8-6-7-9-21(20)18-27-12-14-28-15-13-27;/h3-11,19H,12-18H2,1-2H3,(H2,24,25,26);1H. The molecule has 164 valence electrons. The number of nitrogens with zero attached hydrogens (tertiary/aromatic N) is 2. The number of hydrogen-bond acceptors (Lipinski definition) is 4. The van der Waals surface area contributed by atoms with E-state index in [1.54, 1.807) is 7.05 Å². The number of halogens is 1. The zero-order valence-electron chi connectivity index (χ0n) is 17.8. The molecule has 0 spiro atoms. The Balaban J connectivity index is 0.00000320. The molecule has 1 fully saturated rings. The van der Waals surface area contributed by atoms with Gasteiger partial charge in [-0.2, -0.15) is 0 Å². The predicted molar refractivity (Wildman–Crippen MR) is 133 cm³/mol. The number of hydrogen-bond donors (Lipinski definition) is 2. The van der Waals surface area contributed by atoms with Crippen LogP contribution in [0, 0.1) is 0 Å².